The van der Waals surface area contributed by atoms with E-state index in [1.54, 1.807) is 0 Å². The van der Waals surface area contributed by atoms with Gasteiger partial charge >= 0.3 is 6.18 Å². The summed E-state index contributed by atoms with van der Waals surface area (Å²) in [5, 5.41) is 0. The van der Waals surface area contributed by atoms with Gasteiger partial charge in [-0.2, -0.15) is 13.2 Å². The number of nitrogens with zero attached hydrogens (tertiary/aromatic N) is 2. The molecule has 1 aliphatic rings. The summed E-state index contributed by atoms with van der Waals surface area (Å²) in [6, 6.07) is 7.69. The molecule has 0 aliphatic carbocycles. The molecular formula is C14H20F3N3O. The predicted octanol–water partition coefficient (Wildman–Crippen LogP) is 1.97. The number of hydrogen-bond donors (Lipinski definition) is 1. The molecule has 0 saturated carbocycles. The van der Waals surface area contributed by atoms with Gasteiger partial charge in [0.2, 0.25) is 0 Å². The molecular weight excluding hydrogens is 283 g/mol. The predicted molar refractivity (Wildman–Crippen MR) is 76.4 cm³/mol. The fourth-order valence-electron chi connectivity index (χ4n) is 2.37. The summed E-state index contributed by atoms with van der Waals surface area (Å²) < 4.78 is 40.5. The molecule has 0 radical (unpaired) electrons. The number of rotatable bonds is 5. The molecule has 1 saturated heterocycles. The molecule has 2 N–H and O–H groups in total. The molecule has 2 rings (SSSR count). The Morgan fingerprint density at radius 1 is 1.10 bits per heavy atom. The summed E-state index contributed by atoms with van der Waals surface area (Å²) in [6.45, 7) is 2.67. The largest absolute Gasteiger partial charge is 0.411 e. The number of ether oxygens (including phenoxy) is 1. The minimum Gasteiger partial charge on any atom is -0.397 e. The van der Waals surface area contributed by atoms with Gasteiger partial charge in [0.1, 0.15) is 6.61 Å². The second-order valence-corrected chi connectivity index (χ2v) is 5.06. The number of nitrogens with two attached hydrogens (primary N) is 1. The lowest BCUT2D eigenvalue weighted by Crippen LogP contribution is -2.47. The summed E-state index contributed by atoms with van der Waals surface area (Å²) in [4.78, 5) is 4.30. The summed E-state index contributed by atoms with van der Waals surface area (Å²) in [6.07, 6.45) is -4.25. The monoisotopic (exact) mass is 303 g/mol. The molecule has 0 atom stereocenters. The Morgan fingerprint density at radius 3 is 2.38 bits per heavy atom. The maximum Gasteiger partial charge on any atom is 0.411 e. The van der Waals surface area contributed by atoms with Gasteiger partial charge in [-0.25, -0.2) is 0 Å². The van der Waals surface area contributed by atoms with Gasteiger partial charge in [0.05, 0.1) is 18.0 Å². The van der Waals surface area contributed by atoms with Crippen molar-refractivity contribution in [3.05, 3.63) is 24.3 Å². The van der Waals surface area contributed by atoms with Crippen LogP contribution in [-0.4, -0.2) is 57.0 Å². The summed E-state index contributed by atoms with van der Waals surface area (Å²) in [5.74, 6) is 0. The highest BCUT2D eigenvalue weighted by Gasteiger charge is 2.27. The van der Waals surface area contributed by atoms with E-state index < -0.39 is 12.8 Å². The highest BCUT2D eigenvalue weighted by molar-refractivity contribution is 5.67. The lowest BCUT2D eigenvalue weighted by atomic mass is 10.2. The van der Waals surface area contributed by atoms with Crippen LogP contribution < -0.4 is 10.6 Å². The van der Waals surface area contributed by atoms with Crippen LogP contribution in [0.2, 0.25) is 0 Å². The van der Waals surface area contributed by atoms with Crippen LogP contribution in [0.15, 0.2) is 24.3 Å². The van der Waals surface area contributed by atoms with Crippen molar-refractivity contribution in [2.45, 2.75) is 6.18 Å². The van der Waals surface area contributed by atoms with Crippen LogP contribution in [0, 0.1) is 0 Å². The van der Waals surface area contributed by atoms with Crippen molar-refractivity contribution in [2.24, 2.45) is 0 Å². The van der Waals surface area contributed by atoms with Crippen molar-refractivity contribution in [1.82, 2.24) is 4.90 Å². The number of piperazine rings is 1. The normalized spacial score (nSPS) is 17.2. The van der Waals surface area contributed by atoms with Crippen LogP contribution >= 0.6 is 0 Å². The Morgan fingerprint density at radius 2 is 1.76 bits per heavy atom. The second kappa shape index (κ2) is 7.00. The zero-order chi connectivity index (χ0) is 15.3. The zero-order valence-corrected chi connectivity index (χ0v) is 11.8. The molecule has 1 aliphatic heterocycles. The Labute approximate surface area is 122 Å². The van der Waals surface area contributed by atoms with Crippen LogP contribution in [0.1, 0.15) is 0 Å². The van der Waals surface area contributed by atoms with Crippen LogP contribution in [0.5, 0.6) is 0 Å². The van der Waals surface area contributed by atoms with Gasteiger partial charge in [-0.05, 0) is 12.1 Å². The van der Waals surface area contributed by atoms with E-state index in [0.29, 0.717) is 6.54 Å². The van der Waals surface area contributed by atoms with Gasteiger partial charge in [0, 0.05) is 32.7 Å². The van der Waals surface area contributed by atoms with Crippen molar-refractivity contribution in [1.29, 1.82) is 0 Å². The molecule has 4 nitrogen and oxygen atoms in total. The number of para-hydroxylation sites is 2. The average molecular weight is 303 g/mol. The molecule has 7 heteroatoms. The third-order valence-corrected chi connectivity index (χ3v) is 3.47. The minimum atomic E-state index is -4.25. The number of hydrogen-bond acceptors (Lipinski definition) is 4. The topological polar surface area (TPSA) is 41.7 Å². The standard InChI is InChI=1S/C14H20F3N3O/c15-14(16,17)11-21-10-9-19-5-7-20(8-6-19)13-4-2-1-3-12(13)18/h1-4H,5-11,18H2. The van der Waals surface area contributed by atoms with Crippen molar-refractivity contribution < 1.29 is 17.9 Å². The van der Waals surface area contributed by atoms with Crippen LogP contribution in [0.4, 0.5) is 24.5 Å². The first-order valence-corrected chi connectivity index (χ1v) is 6.92. The van der Waals surface area contributed by atoms with Gasteiger partial charge in [-0.3, -0.25) is 4.90 Å². The molecule has 0 amide bonds. The lowest BCUT2D eigenvalue weighted by Gasteiger charge is -2.36. The fourth-order valence-corrected chi connectivity index (χ4v) is 2.37. The van der Waals surface area contributed by atoms with E-state index in [9.17, 15) is 13.2 Å². The molecule has 1 fully saturated rings. The summed E-state index contributed by atoms with van der Waals surface area (Å²) in [5.41, 5.74) is 7.71. The molecule has 1 heterocycles. The number of alkyl halides is 3. The molecule has 118 valence electrons. The Kier molecular flexibility index (Phi) is 5.30. The van der Waals surface area contributed by atoms with Crippen molar-refractivity contribution in [3.63, 3.8) is 0 Å². The third-order valence-electron chi connectivity index (χ3n) is 3.47. The first-order chi connectivity index (χ1) is 9.96. The number of halogens is 3. The van der Waals surface area contributed by atoms with Crippen molar-refractivity contribution >= 4 is 11.4 Å². The van der Waals surface area contributed by atoms with E-state index in [1.807, 2.05) is 24.3 Å². The SMILES string of the molecule is Nc1ccccc1N1CCN(CCOCC(F)(F)F)CC1. The van der Waals surface area contributed by atoms with E-state index in [0.717, 1.165) is 37.6 Å². The zero-order valence-electron chi connectivity index (χ0n) is 11.8. The van der Waals surface area contributed by atoms with Gasteiger partial charge in [0.25, 0.3) is 0 Å². The lowest BCUT2D eigenvalue weighted by molar-refractivity contribution is -0.174. The van der Waals surface area contributed by atoms with Crippen LogP contribution in [0.25, 0.3) is 0 Å². The van der Waals surface area contributed by atoms with Gasteiger partial charge in [-0.15, -0.1) is 0 Å². The van der Waals surface area contributed by atoms with Crippen molar-refractivity contribution in [2.75, 3.05) is 56.6 Å². The molecule has 0 bridgehead atoms. The van der Waals surface area contributed by atoms with E-state index in [4.69, 9.17) is 5.73 Å². The Bertz CT molecular complexity index is 445. The van der Waals surface area contributed by atoms with E-state index in [1.165, 1.54) is 0 Å². The van der Waals surface area contributed by atoms with E-state index in [-0.39, 0.29) is 6.61 Å². The van der Waals surface area contributed by atoms with Gasteiger partial charge in [-0.1, -0.05) is 12.1 Å². The van der Waals surface area contributed by atoms with Crippen LogP contribution in [0.3, 0.4) is 0 Å². The summed E-state index contributed by atoms with van der Waals surface area (Å²) in [7, 11) is 0. The second-order valence-electron chi connectivity index (χ2n) is 5.06. The molecule has 1 aromatic carbocycles. The van der Waals surface area contributed by atoms with Crippen molar-refractivity contribution in [3.8, 4) is 0 Å². The van der Waals surface area contributed by atoms with Gasteiger partial charge in [0.15, 0.2) is 0 Å². The van der Waals surface area contributed by atoms with E-state index >= 15 is 0 Å². The number of nitrogen functional groups attached to an aromatic ring is 1. The fraction of sp³-hybridized carbons (Fsp3) is 0.571. The Hall–Kier alpha value is -1.47. The molecule has 0 spiro atoms. The first kappa shape index (κ1) is 15.9. The number of benzene rings is 1. The molecule has 0 unspecified atom stereocenters. The quantitative estimate of drug-likeness (QED) is 0.667. The smallest absolute Gasteiger partial charge is 0.397 e. The molecule has 0 aromatic heterocycles. The maximum absolute atomic E-state index is 11.9. The number of anilines is 2. The first-order valence-electron chi connectivity index (χ1n) is 6.92. The highest BCUT2D eigenvalue weighted by Crippen LogP contribution is 2.23. The maximum atomic E-state index is 11.9. The molecule has 21 heavy (non-hydrogen) atoms. The minimum absolute atomic E-state index is 0.104. The Balaban J connectivity index is 1.70. The van der Waals surface area contributed by atoms with Crippen LogP contribution in [-0.2, 0) is 4.74 Å². The third kappa shape index (κ3) is 5.09. The van der Waals surface area contributed by atoms with Gasteiger partial charge < -0.3 is 15.4 Å². The molecule has 1 aromatic rings. The average Bonchev–Trinajstić information content (AvgIpc) is 2.44. The summed E-state index contributed by atoms with van der Waals surface area (Å²) >= 11 is 0. The van der Waals surface area contributed by atoms with E-state index in [2.05, 4.69) is 14.5 Å². The highest BCUT2D eigenvalue weighted by atomic mass is 19.4.